The predicted molar refractivity (Wildman–Crippen MR) is 77.7 cm³/mol. The minimum absolute atomic E-state index is 0.282. The molecule has 0 atom stereocenters. The molecule has 0 aromatic heterocycles. The van der Waals surface area contributed by atoms with Crippen LogP contribution in [0.15, 0.2) is 40.9 Å². The maximum Gasteiger partial charge on any atom is 0.256 e. The van der Waals surface area contributed by atoms with Gasteiger partial charge in [0.25, 0.3) is 5.91 Å². The van der Waals surface area contributed by atoms with Crippen LogP contribution in [0, 0.1) is 5.82 Å². The minimum Gasteiger partial charge on any atom is -0.493 e. The van der Waals surface area contributed by atoms with Crippen molar-refractivity contribution in [3.8, 4) is 5.75 Å². The Morgan fingerprint density at radius 3 is 2.90 bits per heavy atom. The highest BCUT2D eigenvalue weighted by Gasteiger charge is 2.15. The van der Waals surface area contributed by atoms with Crippen LogP contribution in [-0.4, -0.2) is 12.5 Å². The van der Waals surface area contributed by atoms with Crippen molar-refractivity contribution in [1.82, 2.24) is 0 Å². The van der Waals surface area contributed by atoms with E-state index in [2.05, 4.69) is 21.2 Å². The molecule has 1 amide bonds. The van der Waals surface area contributed by atoms with Crippen molar-refractivity contribution < 1.29 is 13.9 Å². The number of hydrogen-bond donors (Lipinski definition) is 1. The van der Waals surface area contributed by atoms with E-state index in [9.17, 15) is 9.18 Å². The molecule has 0 bridgehead atoms. The monoisotopic (exact) mass is 335 g/mol. The zero-order chi connectivity index (χ0) is 14.1. The molecule has 3 rings (SSSR count). The molecule has 5 heteroatoms. The normalized spacial score (nSPS) is 12.7. The smallest absolute Gasteiger partial charge is 0.256 e. The third-order valence-corrected chi connectivity index (χ3v) is 3.78. The predicted octanol–water partition coefficient (Wildman–Crippen LogP) is 3.78. The van der Waals surface area contributed by atoms with Crippen molar-refractivity contribution in [2.45, 2.75) is 6.42 Å². The molecule has 0 saturated carbocycles. The van der Waals surface area contributed by atoms with E-state index < -0.39 is 0 Å². The molecule has 2 aromatic rings. The second kappa shape index (κ2) is 5.25. The molecule has 1 heterocycles. The van der Waals surface area contributed by atoms with Crippen LogP contribution in [0.4, 0.5) is 10.1 Å². The van der Waals surface area contributed by atoms with E-state index >= 15 is 0 Å². The Morgan fingerprint density at radius 1 is 1.25 bits per heavy atom. The molecule has 0 spiro atoms. The fourth-order valence-corrected chi connectivity index (χ4v) is 2.67. The van der Waals surface area contributed by atoms with Crippen LogP contribution in [0.1, 0.15) is 15.9 Å². The number of carbonyl (C=O) groups excluding carboxylic acids is 1. The van der Waals surface area contributed by atoms with Gasteiger partial charge < -0.3 is 10.1 Å². The van der Waals surface area contributed by atoms with Crippen molar-refractivity contribution in [2.24, 2.45) is 0 Å². The van der Waals surface area contributed by atoms with Gasteiger partial charge >= 0.3 is 0 Å². The van der Waals surface area contributed by atoms with E-state index in [0.29, 0.717) is 22.3 Å². The molecule has 20 heavy (non-hydrogen) atoms. The van der Waals surface area contributed by atoms with Gasteiger partial charge in [0.05, 0.1) is 12.2 Å². The summed E-state index contributed by atoms with van der Waals surface area (Å²) >= 11 is 3.19. The molecule has 0 unspecified atom stereocenters. The first-order valence-electron chi connectivity index (χ1n) is 6.15. The van der Waals surface area contributed by atoms with Crippen LogP contribution in [0.3, 0.4) is 0 Å². The van der Waals surface area contributed by atoms with Crippen LogP contribution >= 0.6 is 15.9 Å². The molecule has 1 N–H and O–H groups in total. The third kappa shape index (κ3) is 2.54. The van der Waals surface area contributed by atoms with E-state index in [1.165, 1.54) is 18.2 Å². The quantitative estimate of drug-likeness (QED) is 0.907. The zero-order valence-electron chi connectivity index (χ0n) is 10.5. The molecule has 0 radical (unpaired) electrons. The number of benzene rings is 2. The number of rotatable bonds is 2. The highest BCUT2D eigenvalue weighted by Crippen LogP contribution is 2.28. The second-order valence-electron chi connectivity index (χ2n) is 4.50. The van der Waals surface area contributed by atoms with Gasteiger partial charge in [-0.1, -0.05) is 0 Å². The van der Waals surface area contributed by atoms with Gasteiger partial charge in [-0.3, -0.25) is 4.79 Å². The number of amides is 1. The Kier molecular flexibility index (Phi) is 3.44. The van der Waals surface area contributed by atoms with Crippen molar-refractivity contribution >= 4 is 27.5 Å². The summed E-state index contributed by atoms with van der Waals surface area (Å²) in [6.07, 6.45) is 0.847. The SMILES string of the molecule is O=C(Nc1ccc2c(c1)CCO2)c1ccc(F)cc1Br. The minimum atomic E-state index is -0.386. The summed E-state index contributed by atoms with van der Waals surface area (Å²) in [5, 5.41) is 2.80. The summed E-state index contributed by atoms with van der Waals surface area (Å²) < 4.78 is 18.9. The highest BCUT2D eigenvalue weighted by molar-refractivity contribution is 9.10. The Bertz CT molecular complexity index is 688. The zero-order valence-corrected chi connectivity index (χ0v) is 12.0. The van der Waals surface area contributed by atoms with Crippen LogP contribution in [0.25, 0.3) is 0 Å². The number of fused-ring (bicyclic) bond motifs is 1. The average molecular weight is 336 g/mol. The second-order valence-corrected chi connectivity index (χ2v) is 5.35. The summed E-state index contributed by atoms with van der Waals surface area (Å²) in [5.41, 5.74) is 2.18. The lowest BCUT2D eigenvalue weighted by atomic mass is 10.1. The molecule has 3 nitrogen and oxygen atoms in total. The number of anilines is 1. The van der Waals surface area contributed by atoms with Gasteiger partial charge in [0.2, 0.25) is 0 Å². The Hall–Kier alpha value is -1.88. The van der Waals surface area contributed by atoms with E-state index in [0.717, 1.165) is 17.7 Å². The van der Waals surface area contributed by atoms with Crippen molar-refractivity contribution in [3.05, 3.63) is 57.8 Å². The van der Waals surface area contributed by atoms with Gasteiger partial charge in [0.1, 0.15) is 11.6 Å². The van der Waals surface area contributed by atoms with Crippen molar-refractivity contribution in [3.63, 3.8) is 0 Å². The van der Waals surface area contributed by atoms with Crippen LogP contribution < -0.4 is 10.1 Å². The lowest BCUT2D eigenvalue weighted by Crippen LogP contribution is -2.12. The highest BCUT2D eigenvalue weighted by atomic mass is 79.9. The van der Waals surface area contributed by atoms with Gasteiger partial charge in [-0.2, -0.15) is 0 Å². The van der Waals surface area contributed by atoms with Gasteiger partial charge in [0.15, 0.2) is 0 Å². The van der Waals surface area contributed by atoms with Crippen LogP contribution in [-0.2, 0) is 6.42 Å². The summed E-state index contributed by atoms with van der Waals surface area (Å²) in [4.78, 5) is 12.2. The lowest BCUT2D eigenvalue weighted by molar-refractivity contribution is 0.102. The third-order valence-electron chi connectivity index (χ3n) is 3.12. The van der Waals surface area contributed by atoms with Gasteiger partial charge in [-0.05, 0) is 57.9 Å². The maximum atomic E-state index is 13.0. The molecule has 0 aliphatic carbocycles. The fourth-order valence-electron chi connectivity index (χ4n) is 2.14. The number of halogens is 2. The molecule has 0 saturated heterocycles. The molecule has 1 aliphatic rings. The first-order chi connectivity index (χ1) is 9.63. The summed E-state index contributed by atoms with van der Waals surface area (Å²) in [5.74, 6) is 0.199. The van der Waals surface area contributed by atoms with Gasteiger partial charge in [-0.15, -0.1) is 0 Å². The fraction of sp³-hybridized carbons (Fsp3) is 0.133. The summed E-state index contributed by atoms with van der Waals surface area (Å²) in [6.45, 7) is 0.677. The van der Waals surface area contributed by atoms with Crippen molar-refractivity contribution in [2.75, 3.05) is 11.9 Å². The van der Waals surface area contributed by atoms with Gasteiger partial charge in [-0.25, -0.2) is 4.39 Å². The van der Waals surface area contributed by atoms with Crippen LogP contribution in [0.5, 0.6) is 5.75 Å². The molecule has 102 valence electrons. The molecular formula is C15H11BrFNO2. The summed E-state index contributed by atoms with van der Waals surface area (Å²) in [7, 11) is 0. The molecule has 2 aromatic carbocycles. The van der Waals surface area contributed by atoms with Gasteiger partial charge in [0, 0.05) is 16.6 Å². The van der Waals surface area contributed by atoms with Crippen LogP contribution in [0.2, 0.25) is 0 Å². The molecule has 0 fully saturated rings. The van der Waals surface area contributed by atoms with Crippen molar-refractivity contribution in [1.29, 1.82) is 0 Å². The largest absolute Gasteiger partial charge is 0.493 e. The Balaban J connectivity index is 1.82. The molecule has 1 aliphatic heterocycles. The first kappa shape index (κ1) is 13.1. The lowest BCUT2D eigenvalue weighted by Gasteiger charge is -2.08. The standard InChI is InChI=1S/C15H11BrFNO2/c16-13-8-10(17)1-3-12(13)15(19)18-11-2-4-14-9(7-11)5-6-20-14/h1-4,7-8H,5-6H2,(H,18,19). The average Bonchev–Trinajstić information content (AvgIpc) is 2.85. The van der Waals surface area contributed by atoms with E-state index in [4.69, 9.17) is 4.74 Å². The maximum absolute atomic E-state index is 13.0. The van der Waals surface area contributed by atoms with E-state index in [-0.39, 0.29) is 11.7 Å². The topological polar surface area (TPSA) is 38.3 Å². The van der Waals surface area contributed by atoms with E-state index in [1.807, 2.05) is 12.1 Å². The Labute approximate surface area is 123 Å². The molecular weight excluding hydrogens is 325 g/mol. The Morgan fingerprint density at radius 2 is 2.10 bits per heavy atom. The number of carbonyl (C=O) groups is 1. The number of hydrogen-bond acceptors (Lipinski definition) is 2. The number of nitrogens with one attached hydrogen (secondary N) is 1. The summed E-state index contributed by atoms with van der Waals surface area (Å²) in [6, 6.07) is 9.52. The first-order valence-corrected chi connectivity index (χ1v) is 6.95. The number of ether oxygens (including phenoxy) is 1. The van der Waals surface area contributed by atoms with E-state index in [1.54, 1.807) is 6.07 Å².